The number of benzene rings is 2. The Hall–Kier alpha value is -4.27. The number of hydrogen-bond donors (Lipinski definition) is 1. The predicted molar refractivity (Wildman–Crippen MR) is 151 cm³/mol. The van der Waals surface area contributed by atoms with Crippen molar-refractivity contribution in [2.75, 3.05) is 31.8 Å². The van der Waals surface area contributed by atoms with E-state index in [-0.39, 0.29) is 44.9 Å². The van der Waals surface area contributed by atoms with Gasteiger partial charge in [0.2, 0.25) is 0 Å². The second-order valence-corrected chi connectivity index (χ2v) is 9.92. The van der Waals surface area contributed by atoms with E-state index in [9.17, 15) is 9.59 Å². The molecule has 0 saturated carbocycles. The Morgan fingerprint density at radius 1 is 1.05 bits per heavy atom. The Labute approximate surface area is 239 Å². The van der Waals surface area contributed by atoms with E-state index in [1.165, 1.54) is 12.7 Å². The van der Waals surface area contributed by atoms with Gasteiger partial charge in [-0.2, -0.15) is 5.26 Å². The quantitative estimate of drug-likeness (QED) is 0.127. The molecule has 0 bridgehead atoms. The first-order valence-electron chi connectivity index (χ1n) is 13.3. The fourth-order valence-corrected chi connectivity index (χ4v) is 4.42. The van der Waals surface area contributed by atoms with Gasteiger partial charge in [-0.15, -0.1) is 0 Å². The van der Waals surface area contributed by atoms with Gasteiger partial charge in [0, 0.05) is 13.6 Å². The summed E-state index contributed by atoms with van der Waals surface area (Å²) in [6.07, 6.45) is 1.29. The van der Waals surface area contributed by atoms with Gasteiger partial charge in [0.25, 0.3) is 5.91 Å². The number of nitrogens with zero attached hydrogens (tertiary/aromatic N) is 5. The van der Waals surface area contributed by atoms with Crippen LogP contribution in [0.25, 0.3) is 11.2 Å². The molecule has 1 unspecified atom stereocenters. The Balaban J connectivity index is 1.55. The van der Waals surface area contributed by atoms with Gasteiger partial charge in [-0.1, -0.05) is 36.4 Å². The highest BCUT2D eigenvalue weighted by Crippen LogP contribution is 2.34. The van der Waals surface area contributed by atoms with Crippen molar-refractivity contribution in [3.63, 3.8) is 0 Å². The normalized spacial score (nSPS) is 13.5. The molecule has 0 aliphatic heterocycles. The fraction of sp³-hybridized carbons (Fsp3) is 0.286. The lowest BCUT2D eigenvalue weighted by Gasteiger charge is -2.24. The van der Waals surface area contributed by atoms with E-state index in [0.29, 0.717) is 22.3 Å². The zero-order valence-corrected chi connectivity index (χ0v) is 23.1. The SMILES string of the molecule is [2H]C[C@H](COP(C)OCCC#N)O[C@H](COC(=O)c1ccccc1)n1cnc2c(NC(=O)c3ccccc3)ncnc21. The smallest absolute Gasteiger partial charge is 0.338 e. The first-order valence-corrected chi connectivity index (χ1v) is 14.2. The van der Waals surface area contributed by atoms with E-state index < -0.39 is 26.7 Å². The van der Waals surface area contributed by atoms with Gasteiger partial charge in [0.15, 0.2) is 31.6 Å². The molecule has 4 rings (SSSR count). The molecular formula is C28H29N6O6P. The van der Waals surface area contributed by atoms with Gasteiger partial charge in [-0.25, -0.2) is 19.7 Å². The average molecular weight is 578 g/mol. The van der Waals surface area contributed by atoms with Crippen LogP contribution in [0.3, 0.4) is 0 Å². The zero-order valence-electron chi connectivity index (χ0n) is 23.3. The molecule has 13 heteroatoms. The van der Waals surface area contributed by atoms with Gasteiger partial charge in [0.1, 0.15) is 12.9 Å². The molecule has 4 aromatic rings. The average Bonchev–Trinajstić information content (AvgIpc) is 3.46. The molecule has 0 fully saturated rings. The van der Waals surface area contributed by atoms with Gasteiger partial charge in [-0.3, -0.25) is 9.36 Å². The maximum absolute atomic E-state index is 12.8. The maximum atomic E-state index is 12.8. The van der Waals surface area contributed by atoms with Crippen LogP contribution in [0.1, 0.15) is 41.6 Å². The highest BCUT2D eigenvalue weighted by molar-refractivity contribution is 7.46. The third-order valence-corrected chi connectivity index (χ3v) is 6.64. The first kappa shape index (κ1) is 28.3. The number of carbonyl (C=O) groups excluding carboxylic acids is 2. The number of esters is 1. The fourth-order valence-electron chi connectivity index (χ4n) is 3.62. The predicted octanol–water partition coefficient (Wildman–Crippen LogP) is 4.73. The van der Waals surface area contributed by atoms with Crippen molar-refractivity contribution in [3.05, 3.63) is 84.4 Å². The third kappa shape index (κ3) is 8.36. The third-order valence-electron chi connectivity index (χ3n) is 5.58. The zero-order chi connectivity index (χ0) is 29.7. The van der Waals surface area contributed by atoms with Crippen molar-refractivity contribution >= 4 is 37.2 Å². The number of fused-ring (bicyclic) bond motifs is 1. The molecule has 12 nitrogen and oxygen atoms in total. The number of amides is 1. The van der Waals surface area contributed by atoms with Crippen molar-refractivity contribution in [3.8, 4) is 6.07 Å². The van der Waals surface area contributed by atoms with E-state index in [4.69, 9.17) is 25.2 Å². The Morgan fingerprint density at radius 2 is 1.78 bits per heavy atom. The molecule has 212 valence electrons. The summed E-state index contributed by atoms with van der Waals surface area (Å²) < 4.78 is 32.5. The number of imidazole rings is 1. The van der Waals surface area contributed by atoms with Crippen LogP contribution in [0.2, 0.25) is 0 Å². The topological polar surface area (TPSA) is 150 Å². The molecule has 0 spiro atoms. The number of anilines is 1. The van der Waals surface area contributed by atoms with Crippen LogP contribution in [0.15, 0.2) is 73.3 Å². The standard InChI is InChI=1S/C28H29N6O6P/c1-20(16-39-41(2)38-15-9-14-29)40-23(17-37-28(36)22-12-7-4-8-13-22)34-19-32-24-25(30-18-31-26(24)34)33-27(35)21-10-5-3-6-11-21/h3-8,10-13,18-20,23H,9,15-17H2,1-2H3,(H,30,31,33,35)/t20-,23-,41?/m1/s1/i1D. The van der Waals surface area contributed by atoms with Crippen molar-refractivity contribution in [2.24, 2.45) is 0 Å². The van der Waals surface area contributed by atoms with Crippen LogP contribution in [0.5, 0.6) is 0 Å². The Kier molecular flexibility index (Phi) is 10.3. The molecule has 0 saturated heterocycles. The van der Waals surface area contributed by atoms with Crippen LogP contribution >= 0.6 is 8.38 Å². The molecule has 0 radical (unpaired) electrons. The van der Waals surface area contributed by atoms with E-state index in [1.54, 1.807) is 65.8 Å². The minimum atomic E-state index is -1.29. The first-order chi connectivity index (χ1) is 20.5. The van der Waals surface area contributed by atoms with Crippen molar-refractivity contribution in [1.82, 2.24) is 19.5 Å². The summed E-state index contributed by atoms with van der Waals surface area (Å²) in [5.74, 6) is -0.728. The molecule has 0 aliphatic carbocycles. The number of nitrogens with one attached hydrogen (secondary N) is 1. The van der Waals surface area contributed by atoms with Crippen LogP contribution in [0.4, 0.5) is 5.82 Å². The molecule has 1 amide bonds. The largest absolute Gasteiger partial charge is 0.457 e. The van der Waals surface area contributed by atoms with Crippen LogP contribution in [-0.2, 0) is 18.5 Å². The summed E-state index contributed by atoms with van der Waals surface area (Å²) in [4.78, 5) is 38.4. The number of carbonyl (C=O) groups is 2. The van der Waals surface area contributed by atoms with Gasteiger partial charge in [-0.05, 0) is 31.2 Å². The molecular weight excluding hydrogens is 547 g/mol. The number of rotatable bonds is 14. The molecule has 41 heavy (non-hydrogen) atoms. The van der Waals surface area contributed by atoms with E-state index in [0.717, 1.165) is 0 Å². The number of nitriles is 1. The van der Waals surface area contributed by atoms with Crippen molar-refractivity contribution < 1.29 is 29.5 Å². The number of aromatic nitrogens is 4. The lowest BCUT2D eigenvalue weighted by atomic mass is 10.2. The summed E-state index contributed by atoms with van der Waals surface area (Å²) in [6.45, 7) is 1.63. The second-order valence-electron chi connectivity index (χ2n) is 8.52. The highest BCUT2D eigenvalue weighted by atomic mass is 31.2. The summed E-state index contributed by atoms with van der Waals surface area (Å²) in [7, 11) is -1.29. The summed E-state index contributed by atoms with van der Waals surface area (Å²) in [5.41, 5.74) is 1.43. The van der Waals surface area contributed by atoms with Crippen LogP contribution < -0.4 is 5.32 Å². The van der Waals surface area contributed by atoms with Crippen LogP contribution in [0, 0.1) is 11.3 Å². The van der Waals surface area contributed by atoms with Crippen LogP contribution in [-0.4, -0.2) is 64.0 Å². The Morgan fingerprint density at radius 3 is 2.49 bits per heavy atom. The van der Waals surface area contributed by atoms with E-state index in [1.807, 2.05) is 12.1 Å². The van der Waals surface area contributed by atoms with Crippen molar-refractivity contribution in [1.29, 1.82) is 5.26 Å². The van der Waals surface area contributed by atoms with E-state index in [2.05, 4.69) is 20.3 Å². The minimum Gasteiger partial charge on any atom is -0.457 e. The second kappa shape index (κ2) is 14.9. The van der Waals surface area contributed by atoms with Gasteiger partial charge >= 0.3 is 5.97 Å². The molecule has 3 atom stereocenters. The minimum absolute atomic E-state index is 0.0292. The lowest BCUT2D eigenvalue weighted by Crippen LogP contribution is -2.27. The van der Waals surface area contributed by atoms with Gasteiger partial charge in [0.05, 0.1) is 43.7 Å². The molecule has 2 heterocycles. The highest BCUT2D eigenvalue weighted by Gasteiger charge is 2.23. The molecule has 0 aliphatic rings. The maximum Gasteiger partial charge on any atom is 0.338 e. The molecule has 2 aromatic carbocycles. The summed E-state index contributed by atoms with van der Waals surface area (Å²) in [5, 5.41) is 11.5. The number of hydrogen-bond acceptors (Lipinski definition) is 10. The molecule has 2 aromatic heterocycles. The molecule has 1 N–H and O–H groups in total. The van der Waals surface area contributed by atoms with E-state index >= 15 is 0 Å². The van der Waals surface area contributed by atoms with Gasteiger partial charge < -0.3 is 23.8 Å². The van der Waals surface area contributed by atoms with Crippen molar-refractivity contribution in [2.45, 2.75) is 25.7 Å². The Bertz CT molecular complexity index is 1500. The summed E-state index contributed by atoms with van der Waals surface area (Å²) in [6, 6.07) is 19.2. The lowest BCUT2D eigenvalue weighted by molar-refractivity contribution is -0.0881. The number of ether oxygens (including phenoxy) is 2. The monoisotopic (exact) mass is 577 g/mol. The summed E-state index contributed by atoms with van der Waals surface area (Å²) >= 11 is 0.